The summed E-state index contributed by atoms with van der Waals surface area (Å²) in [5.41, 5.74) is 3.06. The maximum absolute atomic E-state index is 13.1. The number of carbonyl (C=O) groups is 1. The molecule has 0 saturated heterocycles. The number of hydrogen-bond acceptors (Lipinski definition) is 4. The lowest BCUT2D eigenvalue weighted by Gasteiger charge is -2.22. The first-order chi connectivity index (χ1) is 13.2. The SMILES string of the molecule is COc1ccccc1NC(C1=C(O)c2ccccc2C1=O)c1ccccc1. The van der Waals surface area contributed by atoms with Gasteiger partial charge in [0.15, 0.2) is 5.78 Å². The quantitative estimate of drug-likeness (QED) is 0.674. The zero-order chi connectivity index (χ0) is 18.8. The van der Waals surface area contributed by atoms with Gasteiger partial charge in [-0.15, -0.1) is 0 Å². The molecule has 4 nitrogen and oxygen atoms in total. The first kappa shape index (κ1) is 16.9. The van der Waals surface area contributed by atoms with Gasteiger partial charge in [0.2, 0.25) is 0 Å². The van der Waals surface area contributed by atoms with Crippen LogP contribution in [0.2, 0.25) is 0 Å². The van der Waals surface area contributed by atoms with Crippen molar-refractivity contribution in [1.29, 1.82) is 0 Å². The number of Topliss-reactive ketones (excluding diaryl/α,β-unsaturated/α-hetero) is 1. The van der Waals surface area contributed by atoms with Crippen molar-refractivity contribution in [3.05, 3.63) is 101 Å². The number of benzene rings is 3. The summed E-state index contributed by atoms with van der Waals surface area (Å²) in [6, 6.07) is 23.7. The van der Waals surface area contributed by atoms with E-state index in [0.29, 0.717) is 22.4 Å². The molecule has 0 aromatic heterocycles. The largest absolute Gasteiger partial charge is 0.507 e. The van der Waals surface area contributed by atoms with Gasteiger partial charge < -0.3 is 15.2 Å². The number of aliphatic hydroxyl groups excluding tert-OH is 1. The Bertz CT molecular complexity index is 1020. The normalized spacial score (nSPS) is 14.0. The fourth-order valence-corrected chi connectivity index (χ4v) is 3.44. The predicted octanol–water partition coefficient (Wildman–Crippen LogP) is 5.01. The topological polar surface area (TPSA) is 58.6 Å². The first-order valence-electron chi connectivity index (χ1n) is 8.72. The molecule has 0 spiro atoms. The van der Waals surface area contributed by atoms with Gasteiger partial charge in [-0.1, -0.05) is 66.7 Å². The number of rotatable bonds is 5. The molecule has 0 saturated carbocycles. The lowest BCUT2D eigenvalue weighted by atomic mass is 9.95. The van der Waals surface area contributed by atoms with Gasteiger partial charge in [0, 0.05) is 11.1 Å². The molecule has 2 N–H and O–H groups in total. The molecular weight excluding hydrogens is 338 g/mol. The zero-order valence-corrected chi connectivity index (χ0v) is 14.8. The predicted molar refractivity (Wildman–Crippen MR) is 106 cm³/mol. The highest BCUT2D eigenvalue weighted by molar-refractivity contribution is 6.20. The van der Waals surface area contributed by atoms with Gasteiger partial charge in [0.25, 0.3) is 0 Å². The molecule has 1 aliphatic rings. The van der Waals surface area contributed by atoms with Crippen LogP contribution in [-0.4, -0.2) is 18.0 Å². The molecule has 0 heterocycles. The van der Waals surface area contributed by atoms with Crippen LogP contribution < -0.4 is 10.1 Å². The van der Waals surface area contributed by atoms with E-state index in [1.165, 1.54) is 0 Å². The van der Waals surface area contributed by atoms with E-state index in [-0.39, 0.29) is 11.5 Å². The minimum absolute atomic E-state index is 0.0202. The fraction of sp³-hybridized carbons (Fsp3) is 0.0870. The molecule has 27 heavy (non-hydrogen) atoms. The van der Waals surface area contributed by atoms with Crippen molar-refractivity contribution < 1.29 is 14.6 Å². The Morgan fingerprint density at radius 2 is 1.48 bits per heavy atom. The van der Waals surface area contributed by atoms with Crippen molar-refractivity contribution in [2.24, 2.45) is 0 Å². The van der Waals surface area contributed by atoms with Crippen LogP contribution in [0, 0.1) is 0 Å². The number of para-hydroxylation sites is 2. The third kappa shape index (κ3) is 2.95. The summed E-state index contributed by atoms with van der Waals surface area (Å²) < 4.78 is 5.43. The Kier molecular flexibility index (Phi) is 4.38. The van der Waals surface area contributed by atoms with E-state index in [9.17, 15) is 9.90 Å². The van der Waals surface area contributed by atoms with Crippen LogP contribution in [-0.2, 0) is 0 Å². The van der Waals surface area contributed by atoms with Crippen LogP contribution in [0.25, 0.3) is 5.76 Å². The maximum Gasteiger partial charge on any atom is 0.195 e. The lowest BCUT2D eigenvalue weighted by Crippen LogP contribution is -2.18. The third-order valence-electron chi connectivity index (χ3n) is 4.75. The molecule has 134 valence electrons. The van der Waals surface area contributed by atoms with Crippen LogP contribution in [0.1, 0.15) is 27.5 Å². The molecule has 0 bridgehead atoms. The highest BCUT2D eigenvalue weighted by atomic mass is 16.5. The van der Waals surface area contributed by atoms with Gasteiger partial charge in [-0.2, -0.15) is 0 Å². The molecule has 1 atom stereocenters. The van der Waals surface area contributed by atoms with Crippen LogP contribution in [0.3, 0.4) is 0 Å². The molecule has 1 unspecified atom stereocenters. The molecule has 1 aliphatic carbocycles. The Hall–Kier alpha value is -3.53. The summed E-state index contributed by atoms with van der Waals surface area (Å²) in [4.78, 5) is 13.1. The van der Waals surface area contributed by atoms with E-state index in [1.54, 1.807) is 25.3 Å². The number of hydrogen-bond donors (Lipinski definition) is 2. The van der Waals surface area contributed by atoms with Crippen molar-refractivity contribution in [2.75, 3.05) is 12.4 Å². The van der Waals surface area contributed by atoms with Gasteiger partial charge in [-0.05, 0) is 17.7 Å². The van der Waals surface area contributed by atoms with Crippen molar-refractivity contribution in [3.63, 3.8) is 0 Å². The number of nitrogens with one attached hydrogen (secondary N) is 1. The average Bonchev–Trinajstić information content (AvgIpc) is 2.98. The minimum atomic E-state index is -0.512. The monoisotopic (exact) mass is 357 g/mol. The second-order valence-electron chi connectivity index (χ2n) is 6.33. The van der Waals surface area contributed by atoms with E-state index in [2.05, 4.69) is 5.32 Å². The van der Waals surface area contributed by atoms with E-state index in [1.807, 2.05) is 60.7 Å². The van der Waals surface area contributed by atoms with Gasteiger partial charge in [-0.25, -0.2) is 0 Å². The van der Waals surface area contributed by atoms with Crippen LogP contribution in [0.5, 0.6) is 5.75 Å². The number of carbonyl (C=O) groups excluding carboxylic acids is 1. The summed E-state index contributed by atoms with van der Waals surface area (Å²) in [7, 11) is 1.60. The summed E-state index contributed by atoms with van der Waals surface area (Å²) in [5, 5.41) is 14.2. The zero-order valence-electron chi connectivity index (χ0n) is 14.8. The summed E-state index contributed by atoms with van der Waals surface area (Å²) in [6.07, 6.45) is 0. The van der Waals surface area contributed by atoms with Crippen LogP contribution in [0.4, 0.5) is 5.69 Å². The van der Waals surface area contributed by atoms with E-state index < -0.39 is 6.04 Å². The van der Waals surface area contributed by atoms with E-state index in [4.69, 9.17) is 4.74 Å². The second kappa shape index (κ2) is 7.00. The highest BCUT2D eigenvalue weighted by Crippen LogP contribution is 2.40. The molecule has 4 heteroatoms. The minimum Gasteiger partial charge on any atom is -0.507 e. The standard InChI is InChI=1S/C23H19NO3/c1-27-19-14-8-7-13-18(19)24-21(15-9-3-2-4-10-15)20-22(25)16-11-5-6-12-17(16)23(20)26/h2-14,21,24-25H,1H3. The third-order valence-corrected chi connectivity index (χ3v) is 4.75. The Morgan fingerprint density at radius 3 is 2.19 bits per heavy atom. The van der Waals surface area contributed by atoms with E-state index >= 15 is 0 Å². The van der Waals surface area contributed by atoms with Gasteiger partial charge >= 0.3 is 0 Å². The van der Waals surface area contributed by atoms with E-state index in [0.717, 1.165) is 11.3 Å². The van der Waals surface area contributed by atoms with Crippen LogP contribution in [0.15, 0.2) is 84.4 Å². The molecule has 3 aromatic carbocycles. The molecule has 3 aromatic rings. The van der Waals surface area contributed by atoms with Gasteiger partial charge in [0.05, 0.1) is 24.4 Å². The molecule has 4 rings (SSSR count). The number of ketones is 1. The van der Waals surface area contributed by atoms with Crippen molar-refractivity contribution in [3.8, 4) is 5.75 Å². The smallest absolute Gasteiger partial charge is 0.195 e. The van der Waals surface area contributed by atoms with Gasteiger partial charge in [-0.3, -0.25) is 4.79 Å². The number of ether oxygens (including phenoxy) is 1. The summed E-state index contributed by atoms with van der Waals surface area (Å²) >= 11 is 0. The first-order valence-corrected chi connectivity index (χ1v) is 8.72. The van der Waals surface area contributed by atoms with Crippen molar-refractivity contribution in [1.82, 2.24) is 0 Å². The maximum atomic E-state index is 13.1. The number of anilines is 1. The van der Waals surface area contributed by atoms with Gasteiger partial charge in [0.1, 0.15) is 11.5 Å². The average molecular weight is 357 g/mol. The summed E-state index contributed by atoms with van der Waals surface area (Å²) in [5.74, 6) is 0.521. The molecule has 0 fully saturated rings. The van der Waals surface area contributed by atoms with Crippen LogP contribution >= 0.6 is 0 Å². The Labute approximate surface area is 157 Å². The Balaban J connectivity index is 1.83. The molecule has 0 radical (unpaired) electrons. The fourth-order valence-electron chi connectivity index (χ4n) is 3.44. The Morgan fingerprint density at radius 1 is 0.852 bits per heavy atom. The number of aliphatic hydroxyl groups is 1. The summed E-state index contributed by atoms with van der Waals surface area (Å²) in [6.45, 7) is 0. The number of methoxy groups -OCH3 is 1. The highest BCUT2D eigenvalue weighted by Gasteiger charge is 2.35. The second-order valence-corrected chi connectivity index (χ2v) is 6.33. The molecule has 0 aliphatic heterocycles. The van der Waals surface area contributed by atoms with Crippen molar-refractivity contribution >= 4 is 17.2 Å². The lowest BCUT2D eigenvalue weighted by molar-refractivity contribution is 0.103. The van der Waals surface area contributed by atoms with Crippen molar-refractivity contribution in [2.45, 2.75) is 6.04 Å². The molecular formula is C23H19NO3. The number of fused-ring (bicyclic) bond motifs is 1. The molecule has 0 amide bonds.